The van der Waals surface area contributed by atoms with Gasteiger partial charge in [0.05, 0.1) is 22.1 Å². The molecule has 0 atom stereocenters. The summed E-state index contributed by atoms with van der Waals surface area (Å²) < 4.78 is 29.4. The molecule has 1 aliphatic rings. The molecule has 270 valence electrons. The summed E-state index contributed by atoms with van der Waals surface area (Å²) >= 11 is 0. The number of para-hydroxylation sites is 6. The summed E-state index contributed by atoms with van der Waals surface area (Å²) in [5.74, 6) is 0. The van der Waals surface area contributed by atoms with E-state index in [0.29, 0.717) is 11.4 Å². The number of fused-ring (bicyclic) bond motifs is 11. The molecular formula is C49H31N6Pt-3. The van der Waals surface area contributed by atoms with Gasteiger partial charge in [-0.25, -0.2) is 4.98 Å². The molecule has 11 aromatic rings. The number of hydrogen-bond acceptors (Lipinski definition) is 4. The third-order valence-corrected chi connectivity index (χ3v) is 11.0. The van der Waals surface area contributed by atoms with Crippen LogP contribution in [0.5, 0.6) is 0 Å². The van der Waals surface area contributed by atoms with E-state index in [4.69, 9.17) is 9.10 Å². The molecule has 0 aliphatic carbocycles. The van der Waals surface area contributed by atoms with Crippen molar-refractivity contribution in [1.82, 2.24) is 13.8 Å². The molecule has 0 unspecified atom stereocenters. The maximum atomic E-state index is 8.24. The van der Waals surface area contributed by atoms with Crippen molar-refractivity contribution in [1.29, 1.82) is 0 Å². The number of aromatic nitrogens is 3. The molecule has 0 bridgehead atoms. The van der Waals surface area contributed by atoms with Crippen LogP contribution < -0.4 is 14.7 Å². The Morgan fingerprint density at radius 3 is 2.11 bits per heavy atom. The van der Waals surface area contributed by atoms with Crippen molar-refractivity contribution in [2.24, 2.45) is 0 Å². The monoisotopic (exact) mass is 901 g/mol. The SMILES string of the molecule is [2H]C([2H])([2H])N1[CH-]N(c2[c-]c(N(c3[c-]c4c(cc3)c3cccc5c3n4c3ncccc3c3cccc4c6ccccc6n5c43)c3ccccc3)ccc2)c2ccccc21.[Pt]. The van der Waals surface area contributed by atoms with Crippen LogP contribution in [0.4, 0.5) is 34.1 Å². The van der Waals surface area contributed by atoms with Gasteiger partial charge in [0, 0.05) is 70.0 Å². The van der Waals surface area contributed by atoms with Gasteiger partial charge >= 0.3 is 0 Å². The summed E-state index contributed by atoms with van der Waals surface area (Å²) in [6.07, 6.45) is 1.87. The normalized spacial score (nSPS) is 13.8. The minimum Gasteiger partial charge on any atom is -0.504 e. The molecule has 12 rings (SSSR count). The van der Waals surface area contributed by atoms with Gasteiger partial charge in [0.15, 0.2) is 0 Å². The molecule has 1 aliphatic heterocycles. The van der Waals surface area contributed by atoms with Crippen LogP contribution in [0.25, 0.3) is 65.5 Å². The average Bonchev–Trinajstić information content (AvgIpc) is 3.92. The van der Waals surface area contributed by atoms with Crippen LogP contribution >= 0.6 is 0 Å². The Kier molecular flexibility index (Phi) is 6.61. The predicted molar refractivity (Wildman–Crippen MR) is 227 cm³/mol. The van der Waals surface area contributed by atoms with Gasteiger partial charge in [-0.05, 0) is 60.9 Å². The van der Waals surface area contributed by atoms with E-state index in [1.54, 1.807) is 6.67 Å². The van der Waals surface area contributed by atoms with Gasteiger partial charge in [0.1, 0.15) is 5.65 Å². The molecule has 0 amide bonds. The van der Waals surface area contributed by atoms with E-state index in [0.717, 1.165) is 77.5 Å². The van der Waals surface area contributed by atoms with Gasteiger partial charge in [0.25, 0.3) is 0 Å². The Morgan fingerprint density at radius 1 is 0.554 bits per heavy atom. The number of nitrogens with zero attached hydrogens (tertiary/aromatic N) is 6. The van der Waals surface area contributed by atoms with Gasteiger partial charge < -0.3 is 23.5 Å². The number of hydrogen-bond donors (Lipinski definition) is 0. The summed E-state index contributed by atoms with van der Waals surface area (Å²) in [6.45, 7) is -0.708. The predicted octanol–water partition coefficient (Wildman–Crippen LogP) is 12.1. The third-order valence-electron chi connectivity index (χ3n) is 11.0. The van der Waals surface area contributed by atoms with E-state index >= 15 is 0 Å². The maximum Gasteiger partial charge on any atom is 0.143 e. The molecule has 0 fully saturated rings. The fourth-order valence-corrected chi connectivity index (χ4v) is 8.76. The van der Waals surface area contributed by atoms with Crippen LogP contribution in [0.3, 0.4) is 0 Å². The van der Waals surface area contributed by atoms with Crippen LogP contribution in [0.2, 0.25) is 0 Å². The number of rotatable bonds is 4. The first-order valence-electron chi connectivity index (χ1n) is 19.8. The fraction of sp³-hybridized carbons (Fsp3) is 0.0204. The van der Waals surface area contributed by atoms with Crippen LogP contribution in [0, 0.1) is 18.8 Å². The average molecular weight is 902 g/mol. The molecule has 0 saturated carbocycles. The van der Waals surface area contributed by atoms with Crippen LogP contribution in [0.1, 0.15) is 4.11 Å². The van der Waals surface area contributed by atoms with Crippen LogP contribution in [-0.4, -0.2) is 20.8 Å². The minimum absolute atomic E-state index is 0. The molecule has 0 saturated heterocycles. The zero-order valence-corrected chi connectivity index (χ0v) is 31.9. The summed E-state index contributed by atoms with van der Waals surface area (Å²) in [5, 5.41) is 6.74. The van der Waals surface area contributed by atoms with Gasteiger partial charge in [-0.15, -0.1) is 41.4 Å². The van der Waals surface area contributed by atoms with E-state index < -0.39 is 6.98 Å². The second-order valence-corrected chi connectivity index (χ2v) is 14.0. The fourth-order valence-electron chi connectivity index (χ4n) is 8.76. The molecule has 56 heavy (non-hydrogen) atoms. The first kappa shape index (κ1) is 29.7. The van der Waals surface area contributed by atoms with Crippen molar-refractivity contribution in [3.63, 3.8) is 0 Å². The second-order valence-electron chi connectivity index (χ2n) is 14.0. The maximum absolute atomic E-state index is 8.24. The van der Waals surface area contributed by atoms with Gasteiger partial charge in [0.2, 0.25) is 0 Å². The van der Waals surface area contributed by atoms with Crippen molar-refractivity contribution in [2.45, 2.75) is 0 Å². The summed E-state index contributed by atoms with van der Waals surface area (Å²) in [6, 6.07) is 61.6. The Labute approximate surface area is 341 Å². The Morgan fingerprint density at radius 2 is 1.23 bits per heavy atom. The topological polar surface area (TPSA) is 31.4 Å². The molecule has 4 aromatic heterocycles. The Hall–Kier alpha value is -6.62. The van der Waals surface area contributed by atoms with Crippen molar-refractivity contribution in [3.8, 4) is 0 Å². The minimum atomic E-state index is -2.35. The first-order valence-corrected chi connectivity index (χ1v) is 18.3. The van der Waals surface area contributed by atoms with E-state index in [9.17, 15) is 0 Å². The van der Waals surface area contributed by atoms with Gasteiger partial charge in [-0.3, -0.25) is 0 Å². The van der Waals surface area contributed by atoms with E-state index in [2.05, 4.69) is 117 Å². The molecule has 0 N–H and O–H groups in total. The summed E-state index contributed by atoms with van der Waals surface area (Å²) in [4.78, 5) is 10.5. The standard InChI is InChI=1S/C49H31N6.Pt/c1-51-31-52(44-24-8-7-23-43(44)51)33-15-9-16-34(29-33)53(32-13-3-2-4-14-32)35-26-27-37-39-20-11-25-45-48(39)55(46(37)30-35)49-41(21-12-28-50-49)40-19-10-18-38-36-17-5-6-22-42(36)54(45)47(38)40;/h2-28,31H,1H3;/q-3;/i1D3;. The van der Waals surface area contributed by atoms with Gasteiger partial charge in [-0.1, -0.05) is 95.8 Å². The van der Waals surface area contributed by atoms with E-state index in [-0.39, 0.29) is 21.1 Å². The number of benzene rings is 7. The third kappa shape index (κ3) is 4.57. The molecule has 6 nitrogen and oxygen atoms in total. The molecule has 7 heteroatoms. The largest absolute Gasteiger partial charge is 0.504 e. The second kappa shape index (κ2) is 12.5. The van der Waals surface area contributed by atoms with Crippen LogP contribution in [-0.2, 0) is 21.1 Å². The molecule has 0 spiro atoms. The zero-order valence-electron chi connectivity index (χ0n) is 32.7. The molecule has 7 aromatic carbocycles. The first-order chi connectivity index (χ1) is 28.4. The van der Waals surface area contributed by atoms with Crippen molar-refractivity contribution < 1.29 is 25.2 Å². The number of anilines is 6. The smallest absolute Gasteiger partial charge is 0.143 e. The van der Waals surface area contributed by atoms with E-state index in [1.807, 2.05) is 77.8 Å². The Bertz CT molecular complexity index is 3470. The van der Waals surface area contributed by atoms with Crippen molar-refractivity contribution in [3.05, 3.63) is 183 Å². The quantitative estimate of drug-likeness (QED) is 0.165. The summed E-state index contributed by atoms with van der Waals surface area (Å²) in [5.41, 5.74) is 10.8. The van der Waals surface area contributed by atoms with Gasteiger partial charge in [-0.2, -0.15) is 18.8 Å². The molecule has 0 radical (unpaired) electrons. The van der Waals surface area contributed by atoms with Crippen molar-refractivity contribution >= 4 is 99.7 Å². The van der Waals surface area contributed by atoms with E-state index in [1.165, 1.54) is 15.7 Å². The molecule has 5 heterocycles. The van der Waals surface area contributed by atoms with Crippen LogP contribution in [0.15, 0.2) is 164 Å². The summed E-state index contributed by atoms with van der Waals surface area (Å²) in [7, 11) is 0. The Balaban J connectivity index is 0.00000397. The van der Waals surface area contributed by atoms with Crippen molar-refractivity contribution in [2.75, 3.05) is 21.7 Å². The molecular weight excluding hydrogens is 868 g/mol. The zero-order chi connectivity index (χ0) is 38.7. The number of pyridine rings is 1.